The maximum Gasteiger partial charge on any atom is 0.224 e. The number of rotatable bonds is 5. The van der Waals surface area contributed by atoms with Crippen LogP contribution in [0.2, 0.25) is 0 Å². The van der Waals surface area contributed by atoms with E-state index in [2.05, 4.69) is 32.0 Å². The number of nitrogens with one attached hydrogen (secondary N) is 2. The number of aromatic amines is 1. The summed E-state index contributed by atoms with van der Waals surface area (Å²) < 4.78 is 5.52. The van der Waals surface area contributed by atoms with Crippen molar-refractivity contribution < 1.29 is 9.53 Å². The number of hydrogen-bond donors (Lipinski definition) is 3. The van der Waals surface area contributed by atoms with Gasteiger partial charge < -0.3 is 20.8 Å². The summed E-state index contributed by atoms with van der Waals surface area (Å²) in [5.41, 5.74) is 8.61. The van der Waals surface area contributed by atoms with Crippen molar-refractivity contribution in [2.75, 3.05) is 39.4 Å². The van der Waals surface area contributed by atoms with Gasteiger partial charge >= 0.3 is 0 Å². The monoisotopic (exact) mass is 418 g/mol. The van der Waals surface area contributed by atoms with E-state index in [9.17, 15) is 4.79 Å². The van der Waals surface area contributed by atoms with Crippen LogP contribution in [0, 0.1) is 12.8 Å². The number of carbonyl (C=O) groups is 1. The van der Waals surface area contributed by atoms with Gasteiger partial charge in [-0.1, -0.05) is 0 Å². The first-order valence-corrected chi connectivity index (χ1v) is 11.7. The fourth-order valence-electron chi connectivity index (χ4n) is 5.13. The van der Waals surface area contributed by atoms with Crippen LogP contribution < -0.4 is 11.1 Å². The molecule has 4 N–H and O–H groups in total. The molecule has 0 spiro atoms. The van der Waals surface area contributed by atoms with E-state index in [0.29, 0.717) is 6.04 Å². The van der Waals surface area contributed by atoms with Gasteiger partial charge in [-0.15, -0.1) is 0 Å². The molecule has 168 valence electrons. The van der Waals surface area contributed by atoms with Gasteiger partial charge in [0.2, 0.25) is 5.91 Å². The van der Waals surface area contributed by atoms with Crippen LogP contribution in [0.5, 0.6) is 0 Å². The number of aromatic nitrogens is 2. The van der Waals surface area contributed by atoms with Crippen LogP contribution in [-0.2, 0) is 16.1 Å². The summed E-state index contributed by atoms with van der Waals surface area (Å²) in [4.78, 5) is 25.6. The first-order chi connectivity index (χ1) is 14.6. The van der Waals surface area contributed by atoms with E-state index in [1.165, 1.54) is 0 Å². The Labute approximate surface area is 179 Å². The minimum atomic E-state index is 0.0473. The molecule has 8 nitrogen and oxygen atoms in total. The molecule has 0 radical (unpaired) electrons. The Kier molecular flexibility index (Phi) is 7.41. The van der Waals surface area contributed by atoms with Crippen LogP contribution in [0.1, 0.15) is 49.9 Å². The van der Waals surface area contributed by atoms with E-state index < -0.39 is 0 Å². The minimum absolute atomic E-state index is 0.0473. The molecule has 0 bridgehead atoms. The second kappa shape index (κ2) is 10.2. The van der Waals surface area contributed by atoms with Crippen LogP contribution in [-0.4, -0.2) is 83.2 Å². The zero-order valence-corrected chi connectivity index (χ0v) is 18.3. The number of nitrogens with two attached hydrogens (primary N) is 1. The predicted molar refractivity (Wildman–Crippen MR) is 116 cm³/mol. The molecule has 3 aliphatic rings. The lowest BCUT2D eigenvalue weighted by Crippen LogP contribution is -2.49. The second-order valence-electron chi connectivity index (χ2n) is 9.37. The molecule has 3 saturated heterocycles. The van der Waals surface area contributed by atoms with Crippen molar-refractivity contribution in [3.05, 3.63) is 17.7 Å². The number of ether oxygens (including phenoxy) is 1. The molecular weight excluding hydrogens is 380 g/mol. The van der Waals surface area contributed by atoms with Gasteiger partial charge in [-0.3, -0.25) is 14.6 Å². The van der Waals surface area contributed by atoms with Crippen molar-refractivity contribution in [3.8, 4) is 0 Å². The Balaban J connectivity index is 1.26. The summed E-state index contributed by atoms with van der Waals surface area (Å²) >= 11 is 0. The zero-order valence-electron chi connectivity index (χ0n) is 18.3. The predicted octanol–water partition coefficient (Wildman–Crippen LogP) is 1.02. The highest BCUT2D eigenvalue weighted by atomic mass is 16.5. The Morgan fingerprint density at radius 1 is 1.20 bits per heavy atom. The number of aryl methyl sites for hydroxylation is 1. The summed E-state index contributed by atoms with van der Waals surface area (Å²) in [5, 5.41) is 3.37. The average Bonchev–Trinajstić information content (AvgIpc) is 3.04. The molecule has 3 aliphatic heterocycles. The average molecular weight is 419 g/mol. The van der Waals surface area contributed by atoms with Crippen LogP contribution in [0.4, 0.5) is 0 Å². The molecule has 0 unspecified atom stereocenters. The lowest BCUT2D eigenvalue weighted by molar-refractivity contribution is -0.127. The van der Waals surface area contributed by atoms with Gasteiger partial charge in [-0.05, 0) is 45.4 Å². The molecule has 0 saturated carbocycles. The van der Waals surface area contributed by atoms with Crippen LogP contribution in [0.15, 0.2) is 6.33 Å². The van der Waals surface area contributed by atoms with Gasteiger partial charge in [0, 0.05) is 69.8 Å². The topological polar surface area (TPSA) is 99.5 Å². The molecule has 4 heterocycles. The Morgan fingerprint density at radius 3 is 2.67 bits per heavy atom. The summed E-state index contributed by atoms with van der Waals surface area (Å²) in [5.74, 6) is 0.272. The Bertz CT molecular complexity index is 681. The third-order valence-electron chi connectivity index (χ3n) is 7.13. The van der Waals surface area contributed by atoms with Crippen LogP contribution in [0.25, 0.3) is 0 Å². The molecule has 4 rings (SSSR count). The quantitative estimate of drug-likeness (QED) is 0.660. The van der Waals surface area contributed by atoms with E-state index in [4.69, 9.17) is 10.5 Å². The van der Waals surface area contributed by atoms with Gasteiger partial charge in [0.1, 0.15) is 0 Å². The van der Waals surface area contributed by atoms with E-state index >= 15 is 0 Å². The number of likely N-dealkylation sites (tertiary alicyclic amines) is 2. The lowest BCUT2D eigenvalue weighted by Gasteiger charge is -2.36. The number of piperidine rings is 1. The van der Waals surface area contributed by atoms with Crippen molar-refractivity contribution in [2.45, 2.75) is 70.1 Å². The number of H-pyrrole nitrogens is 1. The summed E-state index contributed by atoms with van der Waals surface area (Å²) in [6.07, 6.45) is 7.70. The zero-order chi connectivity index (χ0) is 20.9. The minimum Gasteiger partial charge on any atom is -0.381 e. The SMILES string of the molecule is Cc1[nH]cnc1CN1CCC(NC(=O)[C@@H]2CC[C@H](N)CN(C3CCOCC3)C2)CC1. The molecule has 1 aromatic rings. The summed E-state index contributed by atoms with van der Waals surface area (Å²) in [6.45, 7) is 8.34. The standard InChI is InChI=1S/C22H38N6O2/c1-16-21(25-15-24-16)14-27-8-4-19(5-9-27)26-22(29)17-2-3-18(23)13-28(12-17)20-6-10-30-11-7-20/h15,17-20H,2-14,23H2,1H3,(H,24,25)(H,26,29)/t17-,18+/m1/s1. The number of nitrogens with zero attached hydrogens (tertiary/aromatic N) is 3. The van der Waals surface area contributed by atoms with Crippen molar-refractivity contribution in [3.63, 3.8) is 0 Å². The fourth-order valence-corrected chi connectivity index (χ4v) is 5.13. The smallest absolute Gasteiger partial charge is 0.224 e. The van der Waals surface area contributed by atoms with E-state index in [1.807, 2.05) is 0 Å². The molecule has 8 heteroatoms. The maximum atomic E-state index is 13.1. The largest absolute Gasteiger partial charge is 0.381 e. The third kappa shape index (κ3) is 5.60. The molecule has 2 atom stereocenters. The number of hydrogen-bond acceptors (Lipinski definition) is 6. The number of amides is 1. The molecule has 0 aromatic carbocycles. The highest BCUT2D eigenvalue weighted by Crippen LogP contribution is 2.23. The van der Waals surface area contributed by atoms with Gasteiger partial charge in [0.25, 0.3) is 0 Å². The second-order valence-corrected chi connectivity index (χ2v) is 9.37. The molecule has 3 fully saturated rings. The third-order valence-corrected chi connectivity index (χ3v) is 7.13. The normalized spacial score (nSPS) is 28.3. The van der Waals surface area contributed by atoms with E-state index in [-0.39, 0.29) is 23.9 Å². The molecule has 30 heavy (non-hydrogen) atoms. The van der Waals surface area contributed by atoms with Gasteiger partial charge in [-0.25, -0.2) is 4.98 Å². The molecule has 0 aliphatic carbocycles. The van der Waals surface area contributed by atoms with E-state index in [0.717, 1.165) is 95.9 Å². The van der Waals surface area contributed by atoms with Crippen LogP contribution >= 0.6 is 0 Å². The number of carbonyl (C=O) groups excluding carboxylic acids is 1. The fraction of sp³-hybridized carbons (Fsp3) is 0.818. The highest BCUT2D eigenvalue weighted by molar-refractivity contribution is 5.79. The van der Waals surface area contributed by atoms with Gasteiger partial charge in [0.05, 0.1) is 17.9 Å². The first kappa shape index (κ1) is 21.7. The summed E-state index contributed by atoms with van der Waals surface area (Å²) in [7, 11) is 0. The summed E-state index contributed by atoms with van der Waals surface area (Å²) in [6, 6.07) is 0.953. The molecule has 1 aromatic heterocycles. The molecular formula is C22H38N6O2. The van der Waals surface area contributed by atoms with E-state index in [1.54, 1.807) is 6.33 Å². The lowest BCUT2D eigenvalue weighted by atomic mass is 9.98. The first-order valence-electron chi connectivity index (χ1n) is 11.7. The number of imidazole rings is 1. The van der Waals surface area contributed by atoms with Crippen molar-refractivity contribution in [1.82, 2.24) is 25.1 Å². The highest BCUT2D eigenvalue weighted by Gasteiger charge is 2.32. The van der Waals surface area contributed by atoms with Gasteiger partial charge in [0.15, 0.2) is 0 Å². The Hall–Kier alpha value is -1.48. The van der Waals surface area contributed by atoms with Crippen molar-refractivity contribution in [2.24, 2.45) is 11.7 Å². The molecule has 1 amide bonds. The van der Waals surface area contributed by atoms with Crippen molar-refractivity contribution in [1.29, 1.82) is 0 Å². The maximum absolute atomic E-state index is 13.1. The Morgan fingerprint density at radius 2 is 1.97 bits per heavy atom. The van der Waals surface area contributed by atoms with Crippen molar-refractivity contribution >= 4 is 5.91 Å². The van der Waals surface area contributed by atoms with Crippen LogP contribution in [0.3, 0.4) is 0 Å². The van der Waals surface area contributed by atoms with Gasteiger partial charge in [-0.2, -0.15) is 0 Å².